The summed E-state index contributed by atoms with van der Waals surface area (Å²) in [5.74, 6) is -3.50. The Kier molecular flexibility index (Phi) is 3.45. The van der Waals surface area contributed by atoms with E-state index in [-0.39, 0.29) is 12.0 Å². The maximum Gasteiger partial charge on any atom is 0.490 e. The fourth-order valence-electron chi connectivity index (χ4n) is 2.42. The van der Waals surface area contributed by atoms with Crippen LogP contribution in [-0.4, -0.2) is 18.1 Å². The molecule has 0 aromatic heterocycles. The number of carbonyl (C=O) groups excluding carboxylic acids is 2. The van der Waals surface area contributed by atoms with Gasteiger partial charge in [-0.2, -0.15) is 13.2 Å². The minimum atomic E-state index is -5.17. The Hall–Kier alpha value is -2.05. The van der Waals surface area contributed by atoms with E-state index >= 15 is 0 Å². The Morgan fingerprint density at radius 2 is 1.90 bits per heavy atom. The van der Waals surface area contributed by atoms with Gasteiger partial charge in [0.2, 0.25) is 5.60 Å². The number of rotatable bonds is 2. The van der Waals surface area contributed by atoms with Crippen molar-refractivity contribution in [1.82, 2.24) is 0 Å². The normalized spacial score (nSPS) is 21.9. The van der Waals surface area contributed by atoms with E-state index in [1.54, 1.807) is 18.2 Å². The van der Waals surface area contributed by atoms with Crippen LogP contribution in [-0.2, 0) is 26.3 Å². The third-order valence-electron chi connectivity index (χ3n) is 3.32. The molecule has 0 aliphatic heterocycles. The summed E-state index contributed by atoms with van der Waals surface area (Å²) in [4.78, 5) is 22.8. The minimum absolute atomic E-state index is 0.0544. The van der Waals surface area contributed by atoms with Crippen molar-refractivity contribution >= 4 is 11.9 Å². The highest BCUT2D eigenvalue weighted by Gasteiger charge is 2.51. The Balaban J connectivity index is 2.48. The molecule has 0 radical (unpaired) electrons. The number of hydrogen-bond acceptors (Lipinski definition) is 3. The molecule has 1 aromatic carbocycles. The third kappa shape index (κ3) is 2.35. The van der Waals surface area contributed by atoms with Crippen molar-refractivity contribution in [2.24, 2.45) is 5.73 Å². The van der Waals surface area contributed by atoms with Gasteiger partial charge in [0, 0.05) is 12.0 Å². The van der Waals surface area contributed by atoms with Gasteiger partial charge >= 0.3 is 12.1 Å². The molecule has 1 unspecified atom stereocenters. The number of benzene rings is 1. The number of ether oxygens (including phenoxy) is 1. The van der Waals surface area contributed by atoms with E-state index < -0.39 is 23.7 Å². The van der Waals surface area contributed by atoms with Crippen LogP contribution in [0.25, 0.3) is 0 Å². The molecule has 0 spiro atoms. The smallest absolute Gasteiger partial charge is 0.437 e. The van der Waals surface area contributed by atoms with Gasteiger partial charge in [-0.25, -0.2) is 4.79 Å². The van der Waals surface area contributed by atoms with E-state index in [0.717, 1.165) is 0 Å². The number of esters is 1. The van der Waals surface area contributed by atoms with Crippen molar-refractivity contribution < 1.29 is 27.5 Å². The Morgan fingerprint density at radius 3 is 2.50 bits per heavy atom. The summed E-state index contributed by atoms with van der Waals surface area (Å²) in [5.41, 5.74) is 4.08. The van der Waals surface area contributed by atoms with Crippen molar-refractivity contribution in [1.29, 1.82) is 0 Å². The number of alkyl halides is 3. The highest BCUT2D eigenvalue weighted by atomic mass is 19.4. The molecule has 108 valence electrons. The molecule has 0 bridgehead atoms. The monoisotopic (exact) mass is 287 g/mol. The molecule has 0 saturated carbocycles. The largest absolute Gasteiger partial charge is 0.490 e. The van der Waals surface area contributed by atoms with Crippen LogP contribution in [0.1, 0.15) is 24.0 Å². The topological polar surface area (TPSA) is 69.4 Å². The summed E-state index contributed by atoms with van der Waals surface area (Å²) >= 11 is 0. The van der Waals surface area contributed by atoms with Crippen LogP contribution in [0.2, 0.25) is 0 Å². The highest BCUT2D eigenvalue weighted by molar-refractivity contribution is 5.89. The number of hydrogen-bond donors (Lipinski definition) is 1. The van der Waals surface area contributed by atoms with Crippen LogP contribution >= 0.6 is 0 Å². The molecule has 2 N–H and O–H groups in total. The predicted molar refractivity (Wildman–Crippen MR) is 62.4 cm³/mol. The van der Waals surface area contributed by atoms with Crippen LogP contribution in [0.4, 0.5) is 13.2 Å². The van der Waals surface area contributed by atoms with E-state index in [1.807, 2.05) is 0 Å². The maximum absolute atomic E-state index is 12.4. The van der Waals surface area contributed by atoms with Crippen molar-refractivity contribution in [2.75, 3.05) is 0 Å². The first kappa shape index (κ1) is 14.4. The first-order valence-electron chi connectivity index (χ1n) is 5.96. The summed E-state index contributed by atoms with van der Waals surface area (Å²) in [7, 11) is 0. The molecule has 0 fully saturated rings. The van der Waals surface area contributed by atoms with Gasteiger partial charge in [-0.3, -0.25) is 4.79 Å². The minimum Gasteiger partial charge on any atom is -0.437 e. The lowest BCUT2D eigenvalue weighted by atomic mass is 9.78. The van der Waals surface area contributed by atoms with E-state index in [2.05, 4.69) is 4.74 Å². The van der Waals surface area contributed by atoms with Gasteiger partial charge in [-0.1, -0.05) is 24.3 Å². The summed E-state index contributed by atoms with van der Waals surface area (Å²) in [5, 5.41) is 0. The zero-order valence-corrected chi connectivity index (χ0v) is 10.4. The second-order valence-electron chi connectivity index (χ2n) is 4.59. The third-order valence-corrected chi connectivity index (χ3v) is 3.32. The van der Waals surface area contributed by atoms with Crippen LogP contribution in [0, 0.1) is 0 Å². The van der Waals surface area contributed by atoms with Crippen molar-refractivity contribution in [3.63, 3.8) is 0 Å². The second-order valence-corrected chi connectivity index (χ2v) is 4.59. The SMILES string of the molecule is NC(=O)C1(OC(=O)C(F)(F)F)CCCc2ccccc21. The molecule has 0 heterocycles. The van der Waals surface area contributed by atoms with Crippen molar-refractivity contribution in [2.45, 2.75) is 31.0 Å². The lowest BCUT2D eigenvalue weighted by molar-refractivity contribution is -0.216. The molecule has 1 aliphatic carbocycles. The molecule has 1 amide bonds. The number of nitrogens with two attached hydrogens (primary N) is 1. The van der Waals surface area contributed by atoms with Gasteiger partial charge in [-0.05, 0) is 18.4 Å². The molecule has 0 saturated heterocycles. The van der Waals surface area contributed by atoms with E-state index in [9.17, 15) is 22.8 Å². The lowest BCUT2D eigenvalue weighted by Gasteiger charge is -2.35. The fourth-order valence-corrected chi connectivity index (χ4v) is 2.42. The van der Waals surface area contributed by atoms with Crippen LogP contribution in [0.5, 0.6) is 0 Å². The molecule has 2 rings (SSSR count). The van der Waals surface area contributed by atoms with Crippen LogP contribution in [0.15, 0.2) is 24.3 Å². The van der Waals surface area contributed by atoms with Gasteiger partial charge in [0.05, 0.1) is 0 Å². The van der Waals surface area contributed by atoms with Gasteiger partial charge in [0.1, 0.15) is 0 Å². The number of primary amides is 1. The molecule has 4 nitrogen and oxygen atoms in total. The average Bonchev–Trinajstić information content (AvgIpc) is 2.37. The fraction of sp³-hybridized carbons (Fsp3) is 0.385. The first-order chi connectivity index (χ1) is 9.27. The van der Waals surface area contributed by atoms with Crippen molar-refractivity contribution in [3.8, 4) is 0 Å². The standard InChI is InChI=1S/C13H12F3NO3/c14-13(15,16)11(19)20-12(10(17)18)7-3-5-8-4-1-2-6-9(8)12/h1-2,4,6H,3,5,7H2,(H2,17,18). The predicted octanol–water partition coefficient (Wildman–Crippen LogP) is 1.81. The number of halogens is 3. The van der Waals surface area contributed by atoms with Crippen LogP contribution in [0.3, 0.4) is 0 Å². The molecule has 7 heteroatoms. The number of carbonyl (C=O) groups is 2. The Bertz CT molecular complexity index is 556. The van der Waals surface area contributed by atoms with E-state index in [0.29, 0.717) is 18.4 Å². The van der Waals surface area contributed by atoms with E-state index in [4.69, 9.17) is 5.73 Å². The Labute approximate surface area is 112 Å². The quantitative estimate of drug-likeness (QED) is 0.843. The molecular weight excluding hydrogens is 275 g/mol. The molecule has 20 heavy (non-hydrogen) atoms. The number of amides is 1. The molecular formula is C13H12F3NO3. The zero-order chi connectivity index (χ0) is 15.0. The molecule has 1 aliphatic rings. The van der Waals surface area contributed by atoms with Gasteiger partial charge in [0.15, 0.2) is 0 Å². The van der Waals surface area contributed by atoms with Gasteiger partial charge < -0.3 is 10.5 Å². The summed E-state index contributed by atoms with van der Waals surface area (Å²) in [6, 6.07) is 6.39. The summed E-state index contributed by atoms with van der Waals surface area (Å²) in [6.45, 7) is 0. The molecule has 1 atom stereocenters. The van der Waals surface area contributed by atoms with Crippen molar-refractivity contribution in [3.05, 3.63) is 35.4 Å². The Morgan fingerprint density at radius 1 is 1.25 bits per heavy atom. The maximum atomic E-state index is 12.4. The zero-order valence-electron chi connectivity index (χ0n) is 10.4. The second kappa shape index (κ2) is 4.81. The lowest BCUT2D eigenvalue weighted by Crippen LogP contribution is -2.49. The summed E-state index contributed by atoms with van der Waals surface area (Å²) < 4.78 is 41.7. The van der Waals surface area contributed by atoms with Gasteiger partial charge in [0.25, 0.3) is 5.91 Å². The molecule has 1 aromatic rings. The number of aryl methyl sites for hydroxylation is 1. The van der Waals surface area contributed by atoms with Gasteiger partial charge in [-0.15, -0.1) is 0 Å². The number of fused-ring (bicyclic) bond motifs is 1. The van der Waals surface area contributed by atoms with Crippen LogP contribution < -0.4 is 5.73 Å². The average molecular weight is 287 g/mol. The summed E-state index contributed by atoms with van der Waals surface area (Å²) in [6.07, 6.45) is -4.23. The highest BCUT2D eigenvalue weighted by Crippen LogP contribution is 2.39. The first-order valence-corrected chi connectivity index (χ1v) is 5.96. The van der Waals surface area contributed by atoms with E-state index in [1.165, 1.54) is 6.07 Å².